The summed E-state index contributed by atoms with van der Waals surface area (Å²) >= 11 is 0. The summed E-state index contributed by atoms with van der Waals surface area (Å²) in [7, 11) is 0. The molecule has 1 aliphatic rings. The Bertz CT molecular complexity index is 828. The molecule has 0 atom stereocenters. The monoisotopic (exact) mass is 476 g/mol. The van der Waals surface area contributed by atoms with Crippen molar-refractivity contribution in [2.45, 2.75) is 122 Å². The predicted molar refractivity (Wildman–Crippen MR) is 148 cm³/mol. The standard InChI is InChI=1S/C33H48O2/c1-3-5-7-9-11-13-27-15-19-29(20-16-27)30-23-25-32(26-24-30)35-33(34)31-21-17-28(18-22-31)14-12-10-8-6-4-2/h17-18,21-27,29H,3-16,19-20H2,1-2H3. The maximum absolute atomic E-state index is 12.6. The van der Waals surface area contributed by atoms with Crippen LogP contribution in [0.5, 0.6) is 5.75 Å². The quantitative estimate of drug-likeness (QED) is 0.145. The number of aryl methyl sites for hydroxylation is 1. The number of benzene rings is 2. The Hall–Kier alpha value is -2.09. The van der Waals surface area contributed by atoms with Crippen molar-refractivity contribution in [2.75, 3.05) is 0 Å². The number of carbonyl (C=O) groups is 1. The minimum Gasteiger partial charge on any atom is -0.423 e. The Kier molecular flexibility index (Phi) is 12.4. The zero-order valence-corrected chi connectivity index (χ0v) is 22.4. The summed E-state index contributed by atoms with van der Waals surface area (Å²) in [5, 5.41) is 0. The van der Waals surface area contributed by atoms with Gasteiger partial charge in [-0.1, -0.05) is 102 Å². The van der Waals surface area contributed by atoms with E-state index < -0.39 is 0 Å². The molecule has 2 aromatic carbocycles. The van der Waals surface area contributed by atoms with Crippen LogP contribution in [0.4, 0.5) is 0 Å². The number of hydrogen-bond donors (Lipinski definition) is 0. The largest absolute Gasteiger partial charge is 0.423 e. The maximum atomic E-state index is 12.6. The van der Waals surface area contributed by atoms with Crippen LogP contribution in [0.1, 0.15) is 138 Å². The normalized spacial score (nSPS) is 17.9. The highest BCUT2D eigenvalue weighted by Crippen LogP contribution is 2.38. The van der Waals surface area contributed by atoms with Crippen molar-refractivity contribution in [2.24, 2.45) is 5.92 Å². The second-order valence-electron chi connectivity index (χ2n) is 10.7. The zero-order chi connectivity index (χ0) is 24.7. The summed E-state index contributed by atoms with van der Waals surface area (Å²) in [4.78, 5) is 12.6. The number of rotatable bonds is 15. The fourth-order valence-electron chi connectivity index (χ4n) is 5.54. The summed E-state index contributed by atoms with van der Waals surface area (Å²) in [6.45, 7) is 4.53. The molecule has 1 aliphatic carbocycles. The summed E-state index contributed by atoms with van der Waals surface area (Å²) in [5.74, 6) is 1.96. The van der Waals surface area contributed by atoms with E-state index in [9.17, 15) is 4.79 Å². The molecule has 192 valence electrons. The first-order valence-corrected chi connectivity index (χ1v) is 14.6. The average Bonchev–Trinajstić information content (AvgIpc) is 2.90. The second kappa shape index (κ2) is 15.8. The zero-order valence-electron chi connectivity index (χ0n) is 22.4. The van der Waals surface area contributed by atoms with E-state index in [2.05, 4.69) is 38.1 Å². The van der Waals surface area contributed by atoms with Gasteiger partial charge in [-0.05, 0) is 85.8 Å². The third-order valence-electron chi connectivity index (χ3n) is 7.88. The lowest BCUT2D eigenvalue weighted by Crippen LogP contribution is -2.13. The number of ether oxygens (including phenoxy) is 1. The molecule has 0 bridgehead atoms. The number of esters is 1. The van der Waals surface area contributed by atoms with Crippen molar-refractivity contribution in [1.29, 1.82) is 0 Å². The van der Waals surface area contributed by atoms with Crippen LogP contribution in [0.3, 0.4) is 0 Å². The molecule has 3 rings (SSSR count). The van der Waals surface area contributed by atoms with Gasteiger partial charge in [-0.25, -0.2) is 4.79 Å². The van der Waals surface area contributed by atoms with Crippen LogP contribution in [0.15, 0.2) is 48.5 Å². The van der Waals surface area contributed by atoms with Gasteiger partial charge in [-0.15, -0.1) is 0 Å². The second-order valence-corrected chi connectivity index (χ2v) is 10.7. The summed E-state index contributed by atoms with van der Waals surface area (Å²) in [5.41, 5.74) is 3.32. The minimum absolute atomic E-state index is 0.272. The van der Waals surface area contributed by atoms with Gasteiger partial charge in [0.05, 0.1) is 5.56 Å². The molecule has 1 saturated carbocycles. The van der Waals surface area contributed by atoms with E-state index in [0.29, 0.717) is 17.2 Å². The predicted octanol–water partition coefficient (Wildman–Crippen LogP) is 10.1. The van der Waals surface area contributed by atoms with Crippen molar-refractivity contribution in [3.8, 4) is 5.75 Å². The Labute approximate surface area is 214 Å². The van der Waals surface area contributed by atoms with E-state index in [-0.39, 0.29) is 5.97 Å². The van der Waals surface area contributed by atoms with Gasteiger partial charge >= 0.3 is 5.97 Å². The van der Waals surface area contributed by atoms with Gasteiger partial charge in [-0.2, -0.15) is 0 Å². The van der Waals surface area contributed by atoms with Crippen LogP contribution in [0, 0.1) is 5.92 Å². The summed E-state index contributed by atoms with van der Waals surface area (Å²) < 4.78 is 5.66. The van der Waals surface area contributed by atoms with Crippen LogP contribution >= 0.6 is 0 Å². The highest BCUT2D eigenvalue weighted by molar-refractivity contribution is 5.91. The highest BCUT2D eigenvalue weighted by Gasteiger charge is 2.22. The topological polar surface area (TPSA) is 26.3 Å². The lowest BCUT2D eigenvalue weighted by Gasteiger charge is -2.29. The molecule has 2 heteroatoms. The summed E-state index contributed by atoms with van der Waals surface area (Å²) in [6.07, 6.45) is 21.2. The molecule has 0 heterocycles. The van der Waals surface area contributed by atoms with Crippen LogP contribution in [0.25, 0.3) is 0 Å². The molecular weight excluding hydrogens is 428 g/mol. The first-order chi connectivity index (χ1) is 17.2. The van der Waals surface area contributed by atoms with Gasteiger partial charge < -0.3 is 4.74 Å². The molecule has 35 heavy (non-hydrogen) atoms. The lowest BCUT2D eigenvalue weighted by molar-refractivity contribution is 0.0734. The third kappa shape index (κ3) is 9.82. The highest BCUT2D eigenvalue weighted by atomic mass is 16.5. The van der Waals surface area contributed by atoms with E-state index in [0.717, 1.165) is 12.3 Å². The molecule has 0 aliphatic heterocycles. The Morgan fingerprint density at radius 1 is 0.714 bits per heavy atom. The van der Waals surface area contributed by atoms with Crippen molar-refractivity contribution >= 4 is 5.97 Å². The fourth-order valence-corrected chi connectivity index (χ4v) is 5.54. The van der Waals surface area contributed by atoms with E-state index in [1.54, 1.807) is 0 Å². The van der Waals surface area contributed by atoms with Crippen molar-refractivity contribution in [3.63, 3.8) is 0 Å². The Balaban J connectivity index is 1.39. The molecule has 0 aromatic heterocycles. The lowest BCUT2D eigenvalue weighted by atomic mass is 9.77. The molecule has 0 spiro atoms. The van der Waals surface area contributed by atoms with Gasteiger partial charge in [-0.3, -0.25) is 0 Å². The van der Waals surface area contributed by atoms with E-state index in [1.165, 1.54) is 107 Å². The minimum atomic E-state index is -0.272. The average molecular weight is 477 g/mol. The SMILES string of the molecule is CCCCCCCc1ccc(C(=O)Oc2ccc(C3CCC(CCCCCCC)CC3)cc2)cc1. The molecule has 0 unspecified atom stereocenters. The van der Waals surface area contributed by atoms with Gasteiger partial charge in [0.15, 0.2) is 0 Å². The summed E-state index contributed by atoms with van der Waals surface area (Å²) in [6, 6.07) is 16.2. The van der Waals surface area contributed by atoms with Crippen LogP contribution in [-0.4, -0.2) is 5.97 Å². The molecule has 1 fully saturated rings. The van der Waals surface area contributed by atoms with E-state index >= 15 is 0 Å². The van der Waals surface area contributed by atoms with E-state index in [1.807, 2.05) is 24.3 Å². The van der Waals surface area contributed by atoms with Crippen molar-refractivity contribution < 1.29 is 9.53 Å². The number of hydrogen-bond acceptors (Lipinski definition) is 2. The van der Waals surface area contributed by atoms with Gasteiger partial charge in [0, 0.05) is 0 Å². The number of unbranched alkanes of at least 4 members (excludes halogenated alkanes) is 8. The molecule has 0 amide bonds. The first kappa shape index (κ1) is 27.5. The van der Waals surface area contributed by atoms with Crippen LogP contribution in [0.2, 0.25) is 0 Å². The molecule has 2 aromatic rings. The van der Waals surface area contributed by atoms with Crippen molar-refractivity contribution in [1.82, 2.24) is 0 Å². The Morgan fingerprint density at radius 3 is 1.94 bits per heavy atom. The molecule has 0 N–H and O–H groups in total. The smallest absolute Gasteiger partial charge is 0.343 e. The molecule has 0 saturated heterocycles. The molecule has 2 nitrogen and oxygen atoms in total. The van der Waals surface area contributed by atoms with Gasteiger partial charge in [0.25, 0.3) is 0 Å². The van der Waals surface area contributed by atoms with E-state index in [4.69, 9.17) is 4.74 Å². The van der Waals surface area contributed by atoms with Crippen LogP contribution < -0.4 is 4.74 Å². The van der Waals surface area contributed by atoms with Crippen LogP contribution in [-0.2, 0) is 6.42 Å². The fraction of sp³-hybridized carbons (Fsp3) is 0.606. The van der Waals surface area contributed by atoms with Gasteiger partial charge in [0.1, 0.15) is 5.75 Å². The molecule has 0 radical (unpaired) electrons. The third-order valence-corrected chi connectivity index (χ3v) is 7.88. The Morgan fingerprint density at radius 2 is 1.31 bits per heavy atom. The number of carbonyl (C=O) groups excluding carboxylic acids is 1. The first-order valence-electron chi connectivity index (χ1n) is 14.6. The van der Waals surface area contributed by atoms with Crippen molar-refractivity contribution in [3.05, 3.63) is 65.2 Å². The van der Waals surface area contributed by atoms with Gasteiger partial charge in [0.2, 0.25) is 0 Å². The maximum Gasteiger partial charge on any atom is 0.343 e. The molecular formula is C33H48O2.